The first kappa shape index (κ1) is 18.4. The fraction of sp³-hybridized carbons (Fsp3) is 0.429. The molecule has 138 valence electrons. The van der Waals surface area contributed by atoms with Crippen molar-refractivity contribution in [3.05, 3.63) is 66.0 Å². The van der Waals surface area contributed by atoms with Gasteiger partial charge in [0, 0.05) is 44.6 Å². The SMILES string of the molecule is CCN1CCC(NC(=O)N(CCc2ccccc2)Cc2cccnc2)C1. The minimum absolute atomic E-state index is 0.0211. The minimum Gasteiger partial charge on any atom is -0.334 e. The van der Waals surface area contributed by atoms with Crippen LogP contribution in [0.4, 0.5) is 4.79 Å². The summed E-state index contributed by atoms with van der Waals surface area (Å²) < 4.78 is 0. The van der Waals surface area contributed by atoms with Crippen LogP contribution >= 0.6 is 0 Å². The van der Waals surface area contributed by atoms with Gasteiger partial charge < -0.3 is 15.1 Å². The van der Waals surface area contributed by atoms with Crippen molar-refractivity contribution in [2.45, 2.75) is 32.4 Å². The van der Waals surface area contributed by atoms with Gasteiger partial charge in [0.15, 0.2) is 0 Å². The Morgan fingerprint density at radius 1 is 1.23 bits per heavy atom. The van der Waals surface area contributed by atoms with Crippen molar-refractivity contribution >= 4 is 6.03 Å². The lowest BCUT2D eigenvalue weighted by Gasteiger charge is -2.25. The number of nitrogens with one attached hydrogen (secondary N) is 1. The topological polar surface area (TPSA) is 48.5 Å². The molecule has 1 saturated heterocycles. The van der Waals surface area contributed by atoms with Crippen LogP contribution in [0.15, 0.2) is 54.9 Å². The number of aromatic nitrogens is 1. The van der Waals surface area contributed by atoms with E-state index in [1.807, 2.05) is 41.4 Å². The fourth-order valence-corrected chi connectivity index (χ4v) is 3.38. The molecule has 2 amide bonds. The van der Waals surface area contributed by atoms with Crippen molar-refractivity contribution in [3.8, 4) is 0 Å². The van der Waals surface area contributed by atoms with Crippen LogP contribution in [0.1, 0.15) is 24.5 Å². The van der Waals surface area contributed by atoms with Gasteiger partial charge in [-0.3, -0.25) is 4.98 Å². The molecule has 26 heavy (non-hydrogen) atoms. The molecule has 0 saturated carbocycles. The second-order valence-corrected chi connectivity index (χ2v) is 6.85. The van der Waals surface area contributed by atoms with E-state index in [2.05, 4.69) is 34.3 Å². The summed E-state index contributed by atoms with van der Waals surface area (Å²) in [4.78, 5) is 21.3. The van der Waals surface area contributed by atoms with Crippen LogP contribution in [0.2, 0.25) is 0 Å². The number of rotatable bonds is 7. The Labute approximate surface area is 156 Å². The van der Waals surface area contributed by atoms with Gasteiger partial charge in [-0.1, -0.05) is 43.3 Å². The Morgan fingerprint density at radius 3 is 2.73 bits per heavy atom. The number of pyridine rings is 1. The monoisotopic (exact) mass is 352 g/mol. The van der Waals surface area contributed by atoms with Gasteiger partial charge in [-0.25, -0.2) is 4.79 Å². The molecule has 1 aliphatic rings. The van der Waals surface area contributed by atoms with E-state index in [9.17, 15) is 4.79 Å². The minimum atomic E-state index is 0.0211. The number of likely N-dealkylation sites (tertiary alicyclic amines) is 1. The Bertz CT molecular complexity index is 677. The van der Waals surface area contributed by atoms with Crippen LogP contribution < -0.4 is 5.32 Å². The first-order valence-electron chi connectivity index (χ1n) is 9.45. The molecule has 5 nitrogen and oxygen atoms in total. The molecule has 0 radical (unpaired) electrons. The molecule has 1 atom stereocenters. The summed E-state index contributed by atoms with van der Waals surface area (Å²) in [6.07, 6.45) is 5.46. The lowest BCUT2D eigenvalue weighted by atomic mass is 10.1. The molecule has 1 aromatic carbocycles. The molecule has 1 aliphatic heterocycles. The van der Waals surface area contributed by atoms with E-state index < -0.39 is 0 Å². The third-order valence-electron chi connectivity index (χ3n) is 4.94. The average Bonchev–Trinajstić information content (AvgIpc) is 3.14. The largest absolute Gasteiger partial charge is 0.334 e. The summed E-state index contributed by atoms with van der Waals surface area (Å²) in [6.45, 7) is 6.49. The molecule has 0 bridgehead atoms. The summed E-state index contributed by atoms with van der Waals surface area (Å²) >= 11 is 0. The average molecular weight is 352 g/mol. The zero-order valence-electron chi connectivity index (χ0n) is 15.5. The maximum atomic E-state index is 12.9. The van der Waals surface area contributed by atoms with E-state index >= 15 is 0 Å². The van der Waals surface area contributed by atoms with Crippen LogP contribution in [0.3, 0.4) is 0 Å². The van der Waals surface area contributed by atoms with E-state index in [4.69, 9.17) is 0 Å². The van der Waals surface area contributed by atoms with Crippen molar-refractivity contribution in [1.29, 1.82) is 0 Å². The Kier molecular flexibility index (Phi) is 6.61. The third kappa shape index (κ3) is 5.30. The van der Waals surface area contributed by atoms with Crippen LogP contribution in [0.5, 0.6) is 0 Å². The summed E-state index contributed by atoms with van der Waals surface area (Å²) in [5.41, 5.74) is 2.30. The molecule has 1 aromatic heterocycles. The smallest absolute Gasteiger partial charge is 0.317 e. The normalized spacial score (nSPS) is 17.2. The quantitative estimate of drug-likeness (QED) is 0.833. The van der Waals surface area contributed by atoms with Crippen molar-refractivity contribution < 1.29 is 4.79 Å². The number of likely N-dealkylation sites (N-methyl/N-ethyl adjacent to an activating group) is 1. The Balaban J connectivity index is 1.62. The molecule has 0 aliphatic carbocycles. The first-order chi connectivity index (χ1) is 12.7. The highest BCUT2D eigenvalue weighted by atomic mass is 16.2. The number of urea groups is 1. The van der Waals surface area contributed by atoms with Gasteiger partial charge in [0.05, 0.1) is 0 Å². The molecule has 5 heteroatoms. The van der Waals surface area contributed by atoms with Gasteiger partial charge in [-0.15, -0.1) is 0 Å². The summed E-state index contributed by atoms with van der Waals surface area (Å²) in [5.74, 6) is 0. The van der Waals surface area contributed by atoms with Crippen molar-refractivity contribution in [2.75, 3.05) is 26.2 Å². The zero-order chi connectivity index (χ0) is 18.2. The molecule has 0 spiro atoms. The van der Waals surface area contributed by atoms with E-state index in [0.29, 0.717) is 13.1 Å². The predicted molar refractivity (Wildman–Crippen MR) is 104 cm³/mol. The fourth-order valence-electron chi connectivity index (χ4n) is 3.38. The van der Waals surface area contributed by atoms with E-state index in [0.717, 1.165) is 38.0 Å². The Morgan fingerprint density at radius 2 is 2.04 bits per heavy atom. The van der Waals surface area contributed by atoms with Gasteiger partial charge in [0.1, 0.15) is 0 Å². The van der Waals surface area contributed by atoms with Gasteiger partial charge in [-0.2, -0.15) is 0 Å². The van der Waals surface area contributed by atoms with Crippen LogP contribution in [0, 0.1) is 0 Å². The van der Waals surface area contributed by atoms with Gasteiger partial charge >= 0.3 is 6.03 Å². The van der Waals surface area contributed by atoms with Gasteiger partial charge in [0.25, 0.3) is 0 Å². The predicted octanol–water partition coefficient (Wildman–Crippen LogP) is 2.93. The number of carbonyl (C=O) groups excluding carboxylic acids is 1. The van der Waals surface area contributed by atoms with Gasteiger partial charge in [0.2, 0.25) is 0 Å². The summed E-state index contributed by atoms with van der Waals surface area (Å²) in [6, 6.07) is 14.5. The second-order valence-electron chi connectivity index (χ2n) is 6.85. The molecule has 1 fully saturated rings. The molecule has 2 aromatic rings. The highest BCUT2D eigenvalue weighted by Gasteiger charge is 2.24. The number of hydrogen-bond acceptors (Lipinski definition) is 3. The standard InChI is InChI=1S/C21H28N4O/c1-2-24-13-11-20(17-24)23-21(26)25(16-19-9-6-12-22-15-19)14-10-18-7-4-3-5-8-18/h3-9,12,15,20H,2,10-11,13-14,16-17H2,1H3,(H,23,26). The molecular formula is C21H28N4O. The lowest BCUT2D eigenvalue weighted by molar-refractivity contribution is 0.191. The molecular weight excluding hydrogens is 324 g/mol. The number of nitrogens with zero attached hydrogens (tertiary/aromatic N) is 3. The molecule has 1 unspecified atom stereocenters. The molecule has 2 heterocycles. The molecule has 3 rings (SSSR count). The van der Waals surface area contributed by atoms with E-state index in [-0.39, 0.29) is 12.1 Å². The lowest BCUT2D eigenvalue weighted by Crippen LogP contribution is -2.46. The summed E-state index contributed by atoms with van der Waals surface area (Å²) in [5, 5.41) is 3.22. The maximum Gasteiger partial charge on any atom is 0.317 e. The van der Waals surface area contributed by atoms with Crippen molar-refractivity contribution in [3.63, 3.8) is 0 Å². The van der Waals surface area contributed by atoms with E-state index in [1.165, 1.54) is 5.56 Å². The third-order valence-corrected chi connectivity index (χ3v) is 4.94. The number of amides is 2. The number of benzene rings is 1. The first-order valence-corrected chi connectivity index (χ1v) is 9.45. The molecule has 1 N–H and O–H groups in total. The number of carbonyl (C=O) groups is 1. The number of hydrogen-bond donors (Lipinski definition) is 1. The van der Waals surface area contributed by atoms with Crippen molar-refractivity contribution in [1.82, 2.24) is 20.1 Å². The van der Waals surface area contributed by atoms with E-state index in [1.54, 1.807) is 6.20 Å². The zero-order valence-corrected chi connectivity index (χ0v) is 15.5. The van der Waals surface area contributed by atoms with Gasteiger partial charge in [-0.05, 0) is 36.6 Å². The summed E-state index contributed by atoms with van der Waals surface area (Å²) in [7, 11) is 0. The van der Waals surface area contributed by atoms with Crippen LogP contribution in [-0.4, -0.2) is 53.0 Å². The highest BCUT2D eigenvalue weighted by molar-refractivity contribution is 5.74. The highest BCUT2D eigenvalue weighted by Crippen LogP contribution is 2.11. The van der Waals surface area contributed by atoms with Crippen LogP contribution in [-0.2, 0) is 13.0 Å². The Hall–Kier alpha value is -2.40. The second kappa shape index (κ2) is 9.34. The van der Waals surface area contributed by atoms with Crippen LogP contribution in [0.25, 0.3) is 0 Å². The maximum absolute atomic E-state index is 12.9. The van der Waals surface area contributed by atoms with Crippen molar-refractivity contribution in [2.24, 2.45) is 0 Å².